The number of phenols is 1. The Bertz CT molecular complexity index is 816. The van der Waals surface area contributed by atoms with Crippen molar-refractivity contribution in [2.45, 2.75) is 25.5 Å². The Morgan fingerprint density at radius 3 is 2.60 bits per heavy atom. The molecule has 0 aromatic heterocycles. The van der Waals surface area contributed by atoms with Gasteiger partial charge in [-0.3, -0.25) is 4.79 Å². The fourth-order valence-corrected chi connectivity index (χ4v) is 2.87. The lowest BCUT2D eigenvalue weighted by Crippen LogP contribution is -2.43. The van der Waals surface area contributed by atoms with E-state index in [4.69, 9.17) is 4.74 Å². The van der Waals surface area contributed by atoms with Crippen LogP contribution in [-0.4, -0.2) is 34.0 Å². The topological polar surface area (TPSA) is 82.4 Å². The second-order valence-electron chi connectivity index (χ2n) is 5.91. The third kappa shape index (κ3) is 3.08. The zero-order valence-corrected chi connectivity index (χ0v) is 14.1. The first-order valence-electron chi connectivity index (χ1n) is 8.05. The third-order valence-electron chi connectivity index (χ3n) is 4.29. The predicted octanol–water partition coefficient (Wildman–Crippen LogP) is 2.86. The van der Waals surface area contributed by atoms with Crippen molar-refractivity contribution in [3.8, 4) is 11.5 Å². The minimum Gasteiger partial charge on any atom is -0.508 e. The maximum absolute atomic E-state index is 12.9. The number of nitrogens with zero attached hydrogens (tertiary/aromatic N) is 2. The van der Waals surface area contributed by atoms with E-state index in [2.05, 4.69) is 5.10 Å². The summed E-state index contributed by atoms with van der Waals surface area (Å²) in [4.78, 5) is 12.9. The molecule has 0 spiro atoms. The van der Waals surface area contributed by atoms with Crippen LogP contribution in [0.2, 0.25) is 0 Å². The van der Waals surface area contributed by atoms with Gasteiger partial charge in [-0.15, -0.1) is 0 Å². The number of hydrazone groups is 1. The summed E-state index contributed by atoms with van der Waals surface area (Å²) in [5, 5.41) is 26.3. The van der Waals surface area contributed by atoms with Gasteiger partial charge in [-0.25, -0.2) is 0 Å². The summed E-state index contributed by atoms with van der Waals surface area (Å²) in [7, 11) is 1.56. The summed E-state index contributed by atoms with van der Waals surface area (Å²) in [5.41, 5.74) is -0.0333. The van der Waals surface area contributed by atoms with Crippen LogP contribution in [0.4, 0.5) is 0 Å². The minimum atomic E-state index is -1.57. The Kier molecular flexibility index (Phi) is 4.46. The highest BCUT2D eigenvalue weighted by atomic mass is 16.5. The first kappa shape index (κ1) is 17.0. The van der Waals surface area contributed by atoms with Crippen LogP contribution in [0.15, 0.2) is 53.6 Å². The van der Waals surface area contributed by atoms with Gasteiger partial charge in [-0.1, -0.05) is 25.1 Å². The number of amides is 1. The van der Waals surface area contributed by atoms with E-state index in [1.54, 1.807) is 43.5 Å². The number of rotatable bonds is 4. The quantitative estimate of drug-likeness (QED) is 0.896. The third-order valence-corrected chi connectivity index (χ3v) is 4.29. The molecule has 0 saturated carbocycles. The standard InChI is InChI=1S/C19H20N2O4/c1-3-15-12-19(24,14-7-9-17(25-2)10-8-14)21(20-15)18(23)13-5-4-6-16(22)11-13/h4-11,22,24H,3,12H2,1-2H3. The number of benzene rings is 2. The molecule has 0 aliphatic carbocycles. The number of aromatic hydroxyl groups is 1. The lowest BCUT2D eigenvalue weighted by molar-refractivity contribution is -0.0765. The minimum absolute atomic E-state index is 0.0160. The van der Waals surface area contributed by atoms with Gasteiger partial charge in [-0.2, -0.15) is 10.1 Å². The molecule has 1 aliphatic heterocycles. The zero-order valence-electron chi connectivity index (χ0n) is 14.1. The van der Waals surface area contributed by atoms with Crippen LogP contribution in [0, 0.1) is 0 Å². The smallest absolute Gasteiger partial charge is 0.277 e. The van der Waals surface area contributed by atoms with Gasteiger partial charge < -0.3 is 14.9 Å². The summed E-state index contributed by atoms with van der Waals surface area (Å²) in [5.74, 6) is 0.170. The van der Waals surface area contributed by atoms with E-state index in [0.717, 1.165) is 10.7 Å². The predicted molar refractivity (Wildman–Crippen MR) is 93.5 cm³/mol. The maximum atomic E-state index is 12.9. The average Bonchev–Trinajstić information content (AvgIpc) is 2.99. The molecule has 130 valence electrons. The summed E-state index contributed by atoms with van der Waals surface area (Å²) in [6, 6.07) is 12.9. The molecule has 2 aromatic rings. The lowest BCUT2D eigenvalue weighted by Gasteiger charge is -2.31. The molecule has 0 bridgehead atoms. The summed E-state index contributed by atoms with van der Waals surface area (Å²) in [6.45, 7) is 1.93. The number of carbonyl (C=O) groups is 1. The summed E-state index contributed by atoms with van der Waals surface area (Å²) >= 11 is 0. The van der Waals surface area contributed by atoms with Crippen LogP contribution < -0.4 is 4.74 Å². The van der Waals surface area contributed by atoms with E-state index in [0.29, 0.717) is 17.7 Å². The van der Waals surface area contributed by atoms with Gasteiger partial charge in [0.2, 0.25) is 0 Å². The summed E-state index contributed by atoms with van der Waals surface area (Å²) in [6.07, 6.45) is 0.864. The van der Waals surface area contributed by atoms with E-state index in [9.17, 15) is 15.0 Å². The van der Waals surface area contributed by atoms with Gasteiger partial charge in [0.05, 0.1) is 7.11 Å². The lowest BCUT2D eigenvalue weighted by atomic mass is 9.96. The highest BCUT2D eigenvalue weighted by molar-refractivity contribution is 5.98. The summed E-state index contributed by atoms with van der Waals surface area (Å²) < 4.78 is 5.15. The molecule has 1 amide bonds. The Labute approximate surface area is 146 Å². The molecule has 1 atom stereocenters. The molecule has 1 heterocycles. The number of carbonyl (C=O) groups excluding carboxylic acids is 1. The van der Waals surface area contributed by atoms with Crippen molar-refractivity contribution in [1.29, 1.82) is 0 Å². The van der Waals surface area contributed by atoms with Gasteiger partial charge in [-0.05, 0) is 36.8 Å². The Morgan fingerprint density at radius 2 is 2.00 bits per heavy atom. The van der Waals surface area contributed by atoms with E-state index in [1.807, 2.05) is 6.92 Å². The molecule has 0 radical (unpaired) electrons. The molecule has 3 rings (SSSR count). The number of hydrogen-bond donors (Lipinski definition) is 2. The Balaban J connectivity index is 2.01. The number of aliphatic hydroxyl groups is 1. The van der Waals surface area contributed by atoms with Crippen molar-refractivity contribution in [2.24, 2.45) is 5.10 Å². The second kappa shape index (κ2) is 6.57. The second-order valence-corrected chi connectivity index (χ2v) is 5.91. The van der Waals surface area contributed by atoms with E-state index in [-0.39, 0.29) is 17.7 Å². The highest BCUT2D eigenvalue weighted by Crippen LogP contribution is 2.37. The highest BCUT2D eigenvalue weighted by Gasteiger charge is 2.45. The van der Waals surface area contributed by atoms with Crippen LogP contribution in [0.5, 0.6) is 11.5 Å². The average molecular weight is 340 g/mol. The fourth-order valence-electron chi connectivity index (χ4n) is 2.87. The van der Waals surface area contributed by atoms with Crippen LogP contribution in [0.1, 0.15) is 35.7 Å². The van der Waals surface area contributed by atoms with E-state index < -0.39 is 11.6 Å². The van der Waals surface area contributed by atoms with E-state index >= 15 is 0 Å². The number of phenolic OH excluding ortho intramolecular Hbond substituents is 1. The monoisotopic (exact) mass is 340 g/mol. The molecule has 0 saturated heterocycles. The molecule has 1 aliphatic rings. The molecule has 25 heavy (non-hydrogen) atoms. The molecule has 0 fully saturated rings. The van der Waals surface area contributed by atoms with Crippen molar-refractivity contribution in [3.63, 3.8) is 0 Å². The molecule has 6 nitrogen and oxygen atoms in total. The number of ether oxygens (including phenoxy) is 1. The largest absolute Gasteiger partial charge is 0.508 e. The van der Waals surface area contributed by atoms with Gasteiger partial charge in [0.1, 0.15) is 11.5 Å². The normalized spacial score (nSPS) is 19.6. The van der Waals surface area contributed by atoms with Crippen molar-refractivity contribution in [3.05, 3.63) is 59.7 Å². The van der Waals surface area contributed by atoms with Gasteiger partial charge in [0.15, 0.2) is 5.72 Å². The first-order chi connectivity index (χ1) is 12.0. The fraction of sp³-hybridized carbons (Fsp3) is 0.263. The van der Waals surface area contributed by atoms with Crippen molar-refractivity contribution < 1.29 is 19.7 Å². The van der Waals surface area contributed by atoms with Crippen LogP contribution in [-0.2, 0) is 5.72 Å². The van der Waals surface area contributed by atoms with Crippen molar-refractivity contribution in [1.82, 2.24) is 5.01 Å². The van der Waals surface area contributed by atoms with Crippen LogP contribution in [0.25, 0.3) is 0 Å². The maximum Gasteiger partial charge on any atom is 0.277 e. The van der Waals surface area contributed by atoms with Crippen molar-refractivity contribution >= 4 is 11.6 Å². The SMILES string of the molecule is CCC1=NN(C(=O)c2cccc(O)c2)C(O)(c2ccc(OC)cc2)C1. The van der Waals surface area contributed by atoms with Gasteiger partial charge >= 0.3 is 0 Å². The number of hydrogen-bond acceptors (Lipinski definition) is 5. The van der Waals surface area contributed by atoms with Gasteiger partial charge in [0.25, 0.3) is 5.91 Å². The molecule has 2 aromatic carbocycles. The number of methoxy groups -OCH3 is 1. The molecular formula is C19H20N2O4. The molecule has 1 unspecified atom stereocenters. The molecular weight excluding hydrogens is 320 g/mol. The Morgan fingerprint density at radius 1 is 1.28 bits per heavy atom. The van der Waals surface area contributed by atoms with Gasteiger partial charge in [0, 0.05) is 23.3 Å². The zero-order chi connectivity index (χ0) is 18.0. The molecule has 6 heteroatoms. The van der Waals surface area contributed by atoms with Crippen LogP contribution >= 0.6 is 0 Å². The first-order valence-corrected chi connectivity index (χ1v) is 8.05. The Hall–Kier alpha value is -2.86. The van der Waals surface area contributed by atoms with Crippen molar-refractivity contribution in [2.75, 3.05) is 7.11 Å². The van der Waals surface area contributed by atoms with E-state index in [1.165, 1.54) is 12.1 Å². The molecule has 2 N–H and O–H groups in total. The van der Waals surface area contributed by atoms with Crippen LogP contribution in [0.3, 0.4) is 0 Å².